The van der Waals surface area contributed by atoms with Crippen molar-refractivity contribution in [1.29, 1.82) is 0 Å². The molecule has 0 unspecified atom stereocenters. The van der Waals surface area contributed by atoms with Gasteiger partial charge in [0.15, 0.2) is 5.82 Å². The van der Waals surface area contributed by atoms with Gasteiger partial charge >= 0.3 is 0 Å². The lowest BCUT2D eigenvalue weighted by Gasteiger charge is -2.11. The van der Waals surface area contributed by atoms with Crippen molar-refractivity contribution in [2.24, 2.45) is 0 Å². The van der Waals surface area contributed by atoms with E-state index >= 15 is 0 Å². The van der Waals surface area contributed by atoms with E-state index in [1.54, 1.807) is 0 Å². The molecule has 1 atom stereocenters. The van der Waals surface area contributed by atoms with Crippen LogP contribution in [0.5, 0.6) is 0 Å². The zero-order chi connectivity index (χ0) is 9.26. The molecule has 0 amide bonds. The fourth-order valence-electron chi connectivity index (χ4n) is 1.71. The molecule has 0 aliphatic carbocycles. The second-order valence-corrected chi connectivity index (χ2v) is 3.77. The maximum atomic E-state index is 4.08. The molecule has 1 fully saturated rings. The van der Waals surface area contributed by atoms with Gasteiger partial charge in [-0.1, -0.05) is 0 Å². The number of nitrogens with zero attached hydrogens (tertiary/aromatic N) is 4. The predicted octanol–water partition coefficient (Wildman–Crippen LogP) is 0.331. The summed E-state index contributed by atoms with van der Waals surface area (Å²) >= 11 is 0. The fourth-order valence-corrected chi connectivity index (χ4v) is 1.71. The van der Waals surface area contributed by atoms with E-state index in [1.807, 2.05) is 4.68 Å². The van der Waals surface area contributed by atoms with E-state index in [-0.39, 0.29) is 0 Å². The van der Waals surface area contributed by atoms with E-state index in [0.29, 0.717) is 12.0 Å². The monoisotopic (exact) mass is 181 g/mol. The van der Waals surface area contributed by atoms with Gasteiger partial charge in [-0.3, -0.25) is 0 Å². The number of tetrazole rings is 1. The van der Waals surface area contributed by atoms with Crippen LogP contribution in [0.3, 0.4) is 0 Å². The quantitative estimate of drug-likeness (QED) is 0.714. The van der Waals surface area contributed by atoms with Gasteiger partial charge in [-0.2, -0.15) is 0 Å². The zero-order valence-corrected chi connectivity index (χ0v) is 8.06. The highest BCUT2D eigenvalue weighted by Gasteiger charge is 2.23. The summed E-state index contributed by atoms with van der Waals surface area (Å²) < 4.78 is 1.91. The Morgan fingerprint density at radius 1 is 1.54 bits per heavy atom. The van der Waals surface area contributed by atoms with Crippen LogP contribution in [0.1, 0.15) is 38.1 Å². The minimum absolute atomic E-state index is 0.352. The molecule has 0 saturated carbocycles. The molecule has 0 bridgehead atoms. The lowest BCUT2D eigenvalue weighted by atomic mass is 10.1. The van der Waals surface area contributed by atoms with Crippen molar-refractivity contribution in [1.82, 2.24) is 25.5 Å². The molecule has 1 aliphatic heterocycles. The van der Waals surface area contributed by atoms with Crippen LogP contribution in [0.15, 0.2) is 0 Å². The summed E-state index contributed by atoms with van der Waals surface area (Å²) in [6, 6.07) is 0.352. The summed E-state index contributed by atoms with van der Waals surface area (Å²) in [4.78, 5) is 0. The summed E-state index contributed by atoms with van der Waals surface area (Å²) in [5.74, 6) is 1.53. The molecule has 5 heteroatoms. The van der Waals surface area contributed by atoms with Crippen molar-refractivity contribution in [2.45, 2.75) is 32.2 Å². The Balaban J connectivity index is 2.23. The first-order valence-corrected chi connectivity index (χ1v) is 4.77. The van der Waals surface area contributed by atoms with Gasteiger partial charge in [0.1, 0.15) is 0 Å². The molecular weight excluding hydrogens is 166 g/mol. The van der Waals surface area contributed by atoms with Crippen molar-refractivity contribution in [3.8, 4) is 0 Å². The Hall–Kier alpha value is -0.970. The van der Waals surface area contributed by atoms with E-state index in [0.717, 1.165) is 25.3 Å². The van der Waals surface area contributed by atoms with Gasteiger partial charge < -0.3 is 5.32 Å². The van der Waals surface area contributed by atoms with Gasteiger partial charge in [0, 0.05) is 12.5 Å². The molecule has 0 radical (unpaired) electrons. The minimum Gasteiger partial charge on any atom is -0.316 e. The first kappa shape index (κ1) is 8.62. The maximum Gasteiger partial charge on any atom is 0.155 e. The summed E-state index contributed by atoms with van der Waals surface area (Å²) in [5.41, 5.74) is 0. The van der Waals surface area contributed by atoms with Gasteiger partial charge in [-0.15, -0.1) is 5.10 Å². The van der Waals surface area contributed by atoms with E-state index in [2.05, 4.69) is 34.7 Å². The van der Waals surface area contributed by atoms with Crippen LogP contribution in [0.25, 0.3) is 0 Å². The average molecular weight is 181 g/mol. The van der Waals surface area contributed by atoms with Crippen LogP contribution in [0.2, 0.25) is 0 Å². The second-order valence-electron chi connectivity index (χ2n) is 3.77. The molecule has 5 nitrogen and oxygen atoms in total. The van der Waals surface area contributed by atoms with Gasteiger partial charge in [-0.05, 0) is 37.2 Å². The normalized spacial score (nSPS) is 22.8. The largest absolute Gasteiger partial charge is 0.316 e. The number of aromatic nitrogens is 4. The number of rotatable bonds is 2. The van der Waals surface area contributed by atoms with Crippen molar-refractivity contribution in [3.05, 3.63) is 5.82 Å². The topological polar surface area (TPSA) is 55.6 Å². The summed E-state index contributed by atoms with van der Waals surface area (Å²) in [6.45, 7) is 6.28. The summed E-state index contributed by atoms with van der Waals surface area (Å²) in [6.07, 6.45) is 1.15. The van der Waals surface area contributed by atoms with E-state index in [1.165, 1.54) is 0 Å². The first-order chi connectivity index (χ1) is 6.29. The molecule has 72 valence electrons. The lowest BCUT2D eigenvalue weighted by Crippen LogP contribution is -2.14. The van der Waals surface area contributed by atoms with Crippen molar-refractivity contribution in [2.75, 3.05) is 13.1 Å². The maximum absolute atomic E-state index is 4.08. The zero-order valence-electron chi connectivity index (χ0n) is 8.06. The number of nitrogens with one attached hydrogen (secondary N) is 1. The van der Waals surface area contributed by atoms with Crippen LogP contribution in [0, 0.1) is 0 Å². The third-order valence-electron chi connectivity index (χ3n) is 2.43. The Kier molecular flexibility index (Phi) is 2.26. The molecule has 0 aromatic carbocycles. The highest BCUT2D eigenvalue weighted by Crippen LogP contribution is 2.21. The van der Waals surface area contributed by atoms with E-state index < -0.39 is 0 Å². The van der Waals surface area contributed by atoms with Gasteiger partial charge in [0.2, 0.25) is 0 Å². The van der Waals surface area contributed by atoms with Crippen molar-refractivity contribution >= 4 is 0 Å². The number of hydrogen-bond acceptors (Lipinski definition) is 4. The number of hydrogen-bond donors (Lipinski definition) is 1. The molecule has 1 aromatic rings. The van der Waals surface area contributed by atoms with Crippen LogP contribution in [-0.2, 0) is 0 Å². The standard InChI is InChI=1S/C8H15N5/c1-6(2)13-8(10-11-12-13)7-3-4-9-5-7/h6-7,9H,3-5H2,1-2H3/t7-/m0/s1. The predicted molar refractivity (Wildman–Crippen MR) is 48.4 cm³/mol. The highest BCUT2D eigenvalue weighted by atomic mass is 15.5. The van der Waals surface area contributed by atoms with Crippen LogP contribution in [-0.4, -0.2) is 33.3 Å². The van der Waals surface area contributed by atoms with Crippen molar-refractivity contribution < 1.29 is 0 Å². The molecule has 13 heavy (non-hydrogen) atoms. The summed E-state index contributed by atoms with van der Waals surface area (Å²) in [7, 11) is 0. The Morgan fingerprint density at radius 2 is 2.38 bits per heavy atom. The Bertz CT molecular complexity index is 274. The van der Waals surface area contributed by atoms with E-state index in [4.69, 9.17) is 0 Å². The molecule has 2 heterocycles. The molecular formula is C8H15N5. The van der Waals surface area contributed by atoms with Crippen LogP contribution < -0.4 is 5.32 Å². The van der Waals surface area contributed by atoms with E-state index in [9.17, 15) is 0 Å². The third kappa shape index (κ3) is 1.56. The van der Waals surface area contributed by atoms with Crippen LogP contribution >= 0.6 is 0 Å². The second kappa shape index (κ2) is 3.41. The Morgan fingerprint density at radius 3 is 3.00 bits per heavy atom. The van der Waals surface area contributed by atoms with Gasteiger partial charge in [0.25, 0.3) is 0 Å². The SMILES string of the molecule is CC(C)n1nnnc1[C@H]1CCNC1. The van der Waals surface area contributed by atoms with Gasteiger partial charge in [0.05, 0.1) is 6.04 Å². The fraction of sp³-hybridized carbons (Fsp3) is 0.875. The Labute approximate surface area is 77.5 Å². The molecule has 2 rings (SSSR count). The molecule has 0 spiro atoms. The molecule has 1 N–H and O–H groups in total. The average Bonchev–Trinajstić information content (AvgIpc) is 2.74. The summed E-state index contributed by atoms with van der Waals surface area (Å²) in [5, 5.41) is 15.1. The third-order valence-corrected chi connectivity index (χ3v) is 2.43. The smallest absolute Gasteiger partial charge is 0.155 e. The van der Waals surface area contributed by atoms with Gasteiger partial charge in [-0.25, -0.2) is 4.68 Å². The minimum atomic E-state index is 0.352. The van der Waals surface area contributed by atoms with Crippen molar-refractivity contribution in [3.63, 3.8) is 0 Å². The molecule has 1 aromatic heterocycles. The first-order valence-electron chi connectivity index (χ1n) is 4.77. The van der Waals surface area contributed by atoms with Crippen LogP contribution in [0.4, 0.5) is 0 Å². The molecule has 1 saturated heterocycles. The highest BCUT2D eigenvalue weighted by molar-refractivity contribution is 4.99. The molecule has 1 aliphatic rings. The lowest BCUT2D eigenvalue weighted by molar-refractivity contribution is 0.476.